The summed E-state index contributed by atoms with van der Waals surface area (Å²) in [6.07, 6.45) is -1.06. The second-order valence-corrected chi connectivity index (χ2v) is 7.71. The highest BCUT2D eigenvalue weighted by molar-refractivity contribution is 5.96. The maximum Gasteiger partial charge on any atom is 0.339 e. The van der Waals surface area contributed by atoms with Crippen molar-refractivity contribution in [2.75, 3.05) is 34.9 Å². The van der Waals surface area contributed by atoms with Crippen molar-refractivity contribution in [1.82, 2.24) is 4.90 Å². The Labute approximate surface area is 156 Å². The van der Waals surface area contributed by atoms with Crippen molar-refractivity contribution in [2.45, 2.75) is 42.0 Å². The normalized spacial score (nSPS) is 41.7. The lowest BCUT2D eigenvalue weighted by atomic mass is 9.67. The van der Waals surface area contributed by atoms with Gasteiger partial charge in [0, 0.05) is 19.2 Å². The van der Waals surface area contributed by atoms with Crippen molar-refractivity contribution in [1.29, 1.82) is 0 Å². The van der Waals surface area contributed by atoms with Crippen LogP contribution in [0.5, 0.6) is 11.5 Å². The number of hydrogen-bond donors (Lipinski definition) is 1. The number of nitrogens with zero attached hydrogens (tertiary/aromatic N) is 1. The molecule has 8 heteroatoms. The zero-order valence-corrected chi connectivity index (χ0v) is 15.7. The fraction of sp³-hybridized carbons (Fsp3) is 0.632. The number of methoxy groups -OCH3 is 3. The smallest absolute Gasteiger partial charge is 0.339 e. The summed E-state index contributed by atoms with van der Waals surface area (Å²) in [7, 11) is 6.56. The molecule has 4 aliphatic rings. The van der Waals surface area contributed by atoms with Crippen LogP contribution >= 0.6 is 0 Å². The maximum atomic E-state index is 12.8. The first-order chi connectivity index (χ1) is 12.9. The van der Waals surface area contributed by atoms with Crippen molar-refractivity contribution in [2.24, 2.45) is 0 Å². The molecule has 3 heterocycles. The number of carbonyl (C=O) groups is 1. The van der Waals surface area contributed by atoms with Crippen LogP contribution in [0.25, 0.3) is 0 Å². The third kappa shape index (κ3) is 1.84. The summed E-state index contributed by atoms with van der Waals surface area (Å²) in [5.41, 5.74) is -0.808. The molecule has 5 rings (SSSR count). The summed E-state index contributed by atoms with van der Waals surface area (Å²) >= 11 is 0. The fourth-order valence-electron chi connectivity index (χ4n) is 5.53. The highest BCUT2D eigenvalue weighted by atomic mass is 16.7. The Morgan fingerprint density at radius 2 is 1.93 bits per heavy atom. The van der Waals surface area contributed by atoms with E-state index in [9.17, 15) is 9.90 Å². The van der Waals surface area contributed by atoms with Gasteiger partial charge in [0.2, 0.25) is 0 Å². The lowest BCUT2D eigenvalue weighted by molar-refractivity contribution is -0.182. The number of likely N-dealkylation sites (N-methyl/N-ethyl adjacent to an activating group) is 1. The Morgan fingerprint density at radius 1 is 1.22 bits per heavy atom. The zero-order valence-electron chi connectivity index (χ0n) is 15.7. The van der Waals surface area contributed by atoms with E-state index in [0.717, 1.165) is 13.0 Å². The molecule has 6 unspecified atom stereocenters. The predicted molar refractivity (Wildman–Crippen MR) is 92.1 cm³/mol. The molecule has 1 saturated carbocycles. The number of ether oxygens (including phenoxy) is 5. The van der Waals surface area contributed by atoms with Crippen LogP contribution in [-0.2, 0) is 19.8 Å². The minimum absolute atomic E-state index is 0.207. The van der Waals surface area contributed by atoms with E-state index < -0.39 is 29.4 Å². The summed E-state index contributed by atoms with van der Waals surface area (Å²) in [5.74, 6) is 0.423. The van der Waals surface area contributed by atoms with Gasteiger partial charge in [0.15, 0.2) is 17.1 Å². The van der Waals surface area contributed by atoms with Gasteiger partial charge in [-0.15, -0.1) is 0 Å². The van der Waals surface area contributed by atoms with E-state index in [1.165, 1.54) is 14.2 Å². The Morgan fingerprint density at radius 3 is 2.59 bits per heavy atom. The molecule has 6 atom stereocenters. The van der Waals surface area contributed by atoms with Crippen molar-refractivity contribution in [3.8, 4) is 11.5 Å². The highest BCUT2D eigenvalue weighted by Crippen LogP contribution is 2.64. The summed E-state index contributed by atoms with van der Waals surface area (Å²) < 4.78 is 28.4. The van der Waals surface area contributed by atoms with Crippen LogP contribution in [0, 0.1) is 0 Å². The number of epoxide rings is 1. The third-order valence-electron chi connectivity index (χ3n) is 6.68. The molecule has 0 amide bonds. The van der Waals surface area contributed by atoms with Gasteiger partial charge in [0.25, 0.3) is 0 Å². The second-order valence-electron chi connectivity index (χ2n) is 7.71. The number of aliphatic hydroxyl groups is 1. The van der Waals surface area contributed by atoms with Crippen LogP contribution in [0.1, 0.15) is 22.3 Å². The van der Waals surface area contributed by atoms with Crippen LogP contribution < -0.4 is 9.47 Å². The summed E-state index contributed by atoms with van der Waals surface area (Å²) in [6, 6.07) is 3.04. The van der Waals surface area contributed by atoms with E-state index in [-0.39, 0.29) is 12.1 Å². The number of carbonyl (C=O) groups excluding carboxylic acids is 1. The summed E-state index contributed by atoms with van der Waals surface area (Å²) in [6.45, 7) is 0.784. The van der Waals surface area contributed by atoms with Gasteiger partial charge in [-0.25, -0.2) is 4.79 Å². The topological polar surface area (TPSA) is 90.0 Å². The van der Waals surface area contributed by atoms with E-state index in [1.54, 1.807) is 19.2 Å². The lowest BCUT2D eigenvalue weighted by Crippen LogP contribution is -2.67. The zero-order chi connectivity index (χ0) is 19.1. The molecule has 2 saturated heterocycles. The van der Waals surface area contributed by atoms with Crippen LogP contribution in [0.2, 0.25) is 0 Å². The van der Waals surface area contributed by atoms with Gasteiger partial charge in [0.1, 0.15) is 23.9 Å². The molecule has 27 heavy (non-hydrogen) atoms. The lowest BCUT2D eigenvalue weighted by Gasteiger charge is -2.47. The van der Waals surface area contributed by atoms with E-state index in [2.05, 4.69) is 4.90 Å². The van der Waals surface area contributed by atoms with E-state index in [0.29, 0.717) is 22.6 Å². The molecule has 0 bridgehead atoms. The number of benzene rings is 1. The Hall–Kier alpha value is -1.87. The quantitative estimate of drug-likeness (QED) is 0.594. The molecule has 0 radical (unpaired) electrons. The fourth-order valence-corrected chi connectivity index (χ4v) is 5.53. The number of fused-ring (bicyclic) bond motifs is 3. The molecule has 1 aliphatic carbocycles. The molecular weight excluding hydrogens is 354 g/mol. The van der Waals surface area contributed by atoms with Crippen molar-refractivity contribution in [3.63, 3.8) is 0 Å². The first kappa shape index (κ1) is 17.2. The number of esters is 1. The molecule has 3 aliphatic heterocycles. The minimum atomic E-state index is -1.29. The average molecular weight is 377 g/mol. The van der Waals surface area contributed by atoms with E-state index in [4.69, 9.17) is 23.7 Å². The first-order valence-electron chi connectivity index (χ1n) is 9.03. The third-order valence-corrected chi connectivity index (χ3v) is 6.68. The second kappa shape index (κ2) is 5.35. The van der Waals surface area contributed by atoms with Gasteiger partial charge in [-0.05, 0) is 25.6 Å². The molecule has 1 N–H and O–H groups in total. The first-order valence-corrected chi connectivity index (χ1v) is 9.03. The van der Waals surface area contributed by atoms with E-state index >= 15 is 0 Å². The predicted octanol–water partition coefficient (Wildman–Crippen LogP) is 0.301. The molecule has 0 aromatic heterocycles. The summed E-state index contributed by atoms with van der Waals surface area (Å²) in [4.78, 5) is 14.9. The molecule has 1 aromatic rings. The molecule has 8 nitrogen and oxygen atoms in total. The van der Waals surface area contributed by atoms with Gasteiger partial charge in [-0.1, -0.05) is 0 Å². The molecule has 2 spiro atoms. The SMILES string of the molecule is COc1cc2c(cc1OC)C1(OC2=O)C(O)C(OC)C2OC23CCN(C)C31. The van der Waals surface area contributed by atoms with Crippen molar-refractivity contribution >= 4 is 5.97 Å². The van der Waals surface area contributed by atoms with Crippen molar-refractivity contribution in [3.05, 3.63) is 23.3 Å². The number of likely N-dealkylation sites (tertiary alicyclic amines) is 1. The number of rotatable bonds is 3. The average Bonchev–Trinajstić information content (AvgIpc) is 3.19. The van der Waals surface area contributed by atoms with Crippen molar-refractivity contribution < 1.29 is 33.6 Å². The van der Waals surface area contributed by atoms with Gasteiger partial charge in [0.05, 0.1) is 25.8 Å². The Balaban J connectivity index is 1.75. The van der Waals surface area contributed by atoms with Crippen LogP contribution in [0.3, 0.4) is 0 Å². The molecule has 3 fully saturated rings. The van der Waals surface area contributed by atoms with Gasteiger partial charge >= 0.3 is 5.97 Å². The Bertz CT molecular complexity index is 829. The highest BCUT2D eigenvalue weighted by Gasteiger charge is 2.81. The van der Waals surface area contributed by atoms with Gasteiger partial charge in [-0.3, -0.25) is 4.90 Å². The van der Waals surface area contributed by atoms with Gasteiger partial charge in [-0.2, -0.15) is 0 Å². The molecule has 1 aromatic carbocycles. The van der Waals surface area contributed by atoms with Crippen LogP contribution in [0.15, 0.2) is 12.1 Å². The van der Waals surface area contributed by atoms with E-state index in [1.807, 2.05) is 7.05 Å². The standard InChI is InChI=1S/C19H23NO7/c1-20-6-5-18-15(26-18)13(25-4)14(21)19(17(18)20)10-8-12(24-3)11(23-2)7-9(10)16(22)27-19/h7-8,13-15,17,21H,5-6H2,1-4H3. The molecular formula is C19H23NO7. The minimum Gasteiger partial charge on any atom is -0.493 e. The van der Waals surface area contributed by atoms with Crippen LogP contribution in [0.4, 0.5) is 0 Å². The maximum absolute atomic E-state index is 12.8. The Kier molecular flexibility index (Phi) is 3.42. The van der Waals surface area contributed by atoms with Crippen LogP contribution in [-0.4, -0.2) is 80.9 Å². The summed E-state index contributed by atoms with van der Waals surface area (Å²) in [5, 5.41) is 11.4. The monoisotopic (exact) mass is 377 g/mol. The van der Waals surface area contributed by atoms with Gasteiger partial charge < -0.3 is 28.8 Å². The number of aliphatic hydroxyl groups excluding tert-OH is 1. The molecule has 146 valence electrons. The largest absolute Gasteiger partial charge is 0.493 e. The number of hydrogen-bond acceptors (Lipinski definition) is 8.